The molecule has 1 aliphatic carbocycles. The summed E-state index contributed by atoms with van der Waals surface area (Å²) < 4.78 is 0. The molecular formula is C13H24BrNO. The lowest BCUT2D eigenvalue weighted by Gasteiger charge is -2.29. The van der Waals surface area contributed by atoms with E-state index in [-0.39, 0.29) is 5.91 Å². The van der Waals surface area contributed by atoms with Gasteiger partial charge >= 0.3 is 0 Å². The molecule has 0 saturated heterocycles. The first-order chi connectivity index (χ1) is 7.76. The van der Waals surface area contributed by atoms with E-state index in [1.807, 2.05) is 0 Å². The molecule has 0 aromatic carbocycles. The quantitative estimate of drug-likeness (QED) is 0.587. The fourth-order valence-corrected chi connectivity index (χ4v) is 2.87. The van der Waals surface area contributed by atoms with Gasteiger partial charge in [-0.2, -0.15) is 0 Å². The van der Waals surface area contributed by atoms with Crippen molar-refractivity contribution >= 4 is 21.8 Å². The van der Waals surface area contributed by atoms with Gasteiger partial charge in [0.15, 0.2) is 0 Å². The van der Waals surface area contributed by atoms with Crippen molar-refractivity contribution in [3.05, 3.63) is 0 Å². The van der Waals surface area contributed by atoms with Crippen LogP contribution in [0.2, 0.25) is 0 Å². The molecular weight excluding hydrogens is 266 g/mol. The third-order valence-corrected chi connectivity index (χ3v) is 4.07. The van der Waals surface area contributed by atoms with Crippen LogP contribution in [0.4, 0.5) is 0 Å². The van der Waals surface area contributed by atoms with Crippen LogP contribution in [0, 0.1) is 5.92 Å². The smallest absolute Gasteiger partial charge is 0.220 e. The summed E-state index contributed by atoms with van der Waals surface area (Å²) in [5.74, 6) is 1.09. The highest BCUT2D eigenvalue weighted by Crippen LogP contribution is 2.26. The second-order valence-corrected chi connectivity index (χ2v) is 5.64. The minimum absolute atomic E-state index is 0.253. The van der Waals surface area contributed by atoms with E-state index in [4.69, 9.17) is 0 Å². The van der Waals surface area contributed by atoms with Gasteiger partial charge in [0.05, 0.1) is 0 Å². The van der Waals surface area contributed by atoms with Gasteiger partial charge in [0.2, 0.25) is 5.91 Å². The molecule has 1 aliphatic rings. The van der Waals surface area contributed by atoms with Crippen LogP contribution >= 0.6 is 15.9 Å². The Morgan fingerprint density at radius 3 is 2.88 bits per heavy atom. The Balaban J connectivity index is 2.17. The summed E-state index contributed by atoms with van der Waals surface area (Å²) in [6, 6.07) is 0.454. The fraction of sp³-hybridized carbons (Fsp3) is 0.923. The minimum Gasteiger partial charge on any atom is -0.353 e. The monoisotopic (exact) mass is 289 g/mol. The van der Waals surface area contributed by atoms with E-state index in [0.717, 1.165) is 24.1 Å². The summed E-state index contributed by atoms with van der Waals surface area (Å²) in [5.41, 5.74) is 0. The van der Waals surface area contributed by atoms with Gasteiger partial charge in [-0.25, -0.2) is 0 Å². The molecule has 0 aliphatic heterocycles. The van der Waals surface area contributed by atoms with Crippen molar-refractivity contribution in [3.8, 4) is 0 Å². The second-order valence-electron chi connectivity index (χ2n) is 4.85. The first-order valence-electron chi connectivity index (χ1n) is 6.61. The van der Waals surface area contributed by atoms with Gasteiger partial charge in [-0.3, -0.25) is 4.79 Å². The Bertz CT molecular complexity index is 208. The van der Waals surface area contributed by atoms with Crippen LogP contribution < -0.4 is 5.32 Å². The van der Waals surface area contributed by atoms with Gasteiger partial charge in [-0.05, 0) is 31.6 Å². The predicted octanol–water partition coefficient (Wildman–Crippen LogP) is 3.64. The highest BCUT2D eigenvalue weighted by molar-refractivity contribution is 9.09. The van der Waals surface area contributed by atoms with E-state index in [1.165, 1.54) is 32.1 Å². The van der Waals surface area contributed by atoms with Gasteiger partial charge in [0, 0.05) is 17.8 Å². The van der Waals surface area contributed by atoms with E-state index >= 15 is 0 Å². The zero-order valence-corrected chi connectivity index (χ0v) is 11.9. The largest absolute Gasteiger partial charge is 0.353 e. The molecule has 1 fully saturated rings. The maximum absolute atomic E-state index is 11.7. The van der Waals surface area contributed by atoms with Crippen molar-refractivity contribution < 1.29 is 4.79 Å². The summed E-state index contributed by atoms with van der Waals surface area (Å²) in [5, 5.41) is 4.19. The van der Waals surface area contributed by atoms with Crippen molar-refractivity contribution in [2.75, 3.05) is 5.33 Å². The summed E-state index contributed by atoms with van der Waals surface area (Å²) in [7, 11) is 0. The molecule has 0 aromatic rings. The first kappa shape index (κ1) is 14.0. The average Bonchev–Trinajstić information content (AvgIpc) is 2.29. The Labute approximate surface area is 108 Å². The molecule has 1 rings (SSSR count). The molecule has 1 amide bonds. The maximum atomic E-state index is 11.7. The Hall–Kier alpha value is -0.0500. The highest BCUT2D eigenvalue weighted by atomic mass is 79.9. The lowest BCUT2D eigenvalue weighted by atomic mass is 9.84. The molecule has 0 bridgehead atoms. The highest BCUT2D eigenvalue weighted by Gasteiger charge is 2.21. The zero-order chi connectivity index (χ0) is 11.8. The van der Waals surface area contributed by atoms with Crippen LogP contribution in [0.25, 0.3) is 0 Å². The van der Waals surface area contributed by atoms with Crippen molar-refractivity contribution in [1.82, 2.24) is 5.32 Å². The van der Waals surface area contributed by atoms with Crippen molar-refractivity contribution in [3.63, 3.8) is 0 Å². The number of carbonyl (C=O) groups excluding carboxylic acids is 1. The molecule has 2 nitrogen and oxygen atoms in total. The van der Waals surface area contributed by atoms with Crippen LogP contribution in [-0.4, -0.2) is 17.3 Å². The molecule has 0 spiro atoms. The number of rotatable bonds is 6. The number of alkyl halides is 1. The third kappa shape index (κ3) is 5.33. The van der Waals surface area contributed by atoms with Crippen molar-refractivity contribution in [2.24, 2.45) is 5.92 Å². The Morgan fingerprint density at radius 1 is 1.38 bits per heavy atom. The van der Waals surface area contributed by atoms with Crippen LogP contribution in [0.15, 0.2) is 0 Å². The van der Waals surface area contributed by atoms with Crippen LogP contribution in [0.5, 0.6) is 0 Å². The molecule has 94 valence electrons. The normalized spacial score (nSPS) is 25.4. The summed E-state index contributed by atoms with van der Waals surface area (Å²) in [6.07, 6.45) is 9.06. The van der Waals surface area contributed by atoms with Gasteiger partial charge in [0.25, 0.3) is 0 Å². The first-order valence-corrected chi connectivity index (χ1v) is 7.73. The Kier molecular flexibility index (Phi) is 7.10. The van der Waals surface area contributed by atoms with Gasteiger partial charge in [-0.1, -0.05) is 42.1 Å². The molecule has 2 atom stereocenters. The second kappa shape index (κ2) is 8.10. The topological polar surface area (TPSA) is 29.1 Å². The molecule has 16 heavy (non-hydrogen) atoms. The third-order valence-electron chi connectivity index (χ3n) is 3.51. The molecule has 1 N–H and O–H groups in total. The minimum atomic E-state index is 0.253. The van der Waals surface area contributed by atoms with Gasteiger partial charge < -0.3 is 5.32 Å². The van der Waals surface area contributed by atoms with E-state index in [2.05, 4.69) is 28.2 Å². The fourth-order valence-electron chi connectivity index (χ4n) is 2.47. The van der Waals surface area contributed by atoms with E-state index in [1.54, 1.807) is 0 Å². The standard InChI is InChI=1S/C13H24BrNO/c1-2-11-6-5-7-12(10-11)15-13(16)8-3-4-9-14/h11-12H,2-10H2,1H3,(H,15,16). The molecule has 0 heterocycles. The van der Waals surface area contributed by atoms with Gasteiger partial charge in [0.1, 0.15) is 0 Å². The number of unbranched alkanes of at least 4 members (excludes halogenated alkanes) is 1. The molecule has 2 unspecified atom stereocenters. The average molecular weight is 290 g/mol. The van der Waals surface area contributed by atoms with Gasteiger partial charge in [-0.15, -0.1) is 0 Å². The Morgan fingerprint density at radius 2 is 2.19 bits per heavy atom. The van der Waals surface area contributed by atoms with Crippen molar-refractivity contribution in [1.29, 1.82) is 0 Å². The van der Waals surface area contributed by atoms with Crippen LogP contribution in [0.1, 0.15) is 58.3 Å². The summed E-state index contributed by atoms with van der Waals surface area (Å²) in [4.78, 5) is 11.7. The van der Waals surface area contributed by atoms with E-state index in [9.17, 15) is 4.79 Å². The predicted molar refractivity (Wildman–Crippen MR) is 71.8 cm³/mol. The van der Waals surface area contributed by atoms with Crippen molar-refractivity contribution in [2.45, 2.75) is 64.3 Å². The van der Waals surface area contributed by atoms with E-state index in [0.29, 0.717) is 12.5 Å². The summed E-state index contributed by atoms with van der Waals surface area (Å²) >= 11 is 3.38. The lowest BCUT2D eigenvalue weighted by Crippen LogP contribution is -2.38. The SMILES string of the molecule is CCC1CCCC(NC(=O)CCCCBr)C1. The summed E-state index contributed by atoms with van der Waals surface area (Å²) in [6.45, 7) is 2.25. The molecule has 3 heteroatoms. The lowest BCUT2D eigenvalue weighted by molar-refractivity contribution is -0.122. The maximum Gasteiger partial charge on any atom is 0.220 e. The van der Waals surface area contributed by atoms with Crippen LogP contribution in [-0.2, 0) is 4.79 Å². The number of halogens is 1. The number of amides is 1. The van der Waals surface area contributed by atoms with Crippen LogP contribution in [0.3, 0.4) is 0 Å². The number of carbonyl (C=O) groups is 1. The molecule has 0 aromatic heterocycles. The molecule has 0 radical (unpaired) electrons. The molecule has 1 saturated carbocycles. The zero-order valence-electron chi connectivity index (χ0n) is 10.3. The number of hydrogen-bond donors (Lipinski definition) is 1. The number of nitrogens with one attached hydrogen (secondary N) is 1. The number of hydrogen-bond acceptors (Lipinski definition) is 1. The van der Waals surface area contributed by atoms with E-state index < -0.39 is 0 Å².